The van der Waals surface area contributed by atoms with E-state index in [0.717, 1.165) is 32.1 Å². The number of rotatable bonds is 2. The normalized spacial score (nSPS) is 46.4. The average Bonchev–Trinajstić information content (AvgIpc) is 2.43. The molecular weight excluding hydrogens is 268 g/mol. The third kappa shape index (κ3) is 1.67. The van der Waals surface area contributed by atoms with Crippen molar-refractivity contribution in [1.29, 1.82) is 0 Å². The maximum absolute atomic E-state index is 12.3. The maximum Gasteiger partial charge on any atom is 0.311 e. The topological polar surface area (TPSA) is 58.6 Å². The number of hydrogen-bond donors (Lipinski definition) is 1. The molecule has 4 aliphatic carbocycles. The Morgan fingerprint density at radius 2 is 1.86 bits per heavy atom. The Morgan fingerprint density at radius 3 is 2.33 bits per heavy atom. The Kier molecular flexibility index (Phi) is 2.58. The molecule has 5 aliphatic rings. The van der Waals surface area contributed by atoms with Crippen molar-refractivity contribution in [3.05, 3.63) is 0 Å². The first-order valence-corrected chi connectivity index (χ1v) is 8.06. The predicted molar refractivity (Wildman–Crippen MR) is 75.9 cm³/mol. The number of nitrogens with one attached hydrogen (secondary N) is 1. The van der Waals surface area contributed by atoms with Crippen molar-refractivity contribution in [2.24, 2.45) is 23.2 Å². The van der Waals surface area contributed by atoms with Crippen molar-refractivity contribution in [2.75, 3.05) is 7.11 Å². The van der Waals surface area contributed by atoms with Gasteiger partial charge >= 0.3 is 5.97 Å². The van der Waals surface area contributed by atoms with Crippen LogP contribution in [0.1, 0.15) is 46.0 Å². The molecule has 0 radical (unpaired) electrons. The second kappa shape index (κ2) is 4.00. The summed E-state index contributed by atoms with van der Waals surface area (Å²) in [6, 6.07) is 0.278. The average molecular weight is 292 g/mol. The van der Waals surface area contributed by atoms with Gasteiger partial charge in [-0.05, 0) is 63.7 Å². The highest BCUT2D eigenvalue weighted by atomic mass is 16.5. The van der Waals surface area contributed by atoms with Gasteiger partial charge in [-0.25, -0.2) is 5.43 Å². The second-order valence-electron chi connectivity index (χ2n) is 8.14. The summed E-state index contributed by atoms with van der Waals surface area (Å²) >= 11 is 0. The van der Waals surface area contributed by atoms with E-state index in [4.69, 9.17) is 4.74 Å². The van der Waals surface area contributed by atoms with Gasteiger partial charge in [0.2, 0.25) is 0 Å². The lowest BCUT2D eigenvalue weighted by molar-refractivity contribution is -0.198. The van der Waals surface area contributed by atoms with Gasteiger partial charge in [-0.2, -0.15) is 0 Å². The first kappa shape index (κ1) is 13.6. The number of nitrogens with zero attached hydrogens (tertiary/aromatic N) is 1. The van der Waals surface area contributed by atoms with E-state index >= 15 is 0 Å². The Labute approximate surface area is 125 Å². The van der Waals surface area contributed by atoms with E-state index in [1.165, 1.54) is 7.11 Å². The van der Waals surface area contributed by atoms with Crippen LogP contribution in [-0.4, -0.2) is 35.6 Å². The number of amides is 1. The van der Waals surface area contributed by atoms with Crippen LogP contribution in [0, 0.1) is 23.2 Å². The zero-order valence-corrected chi connectivity index (χ0v) is 13.0. The van der Waals surface area contributed by atoms with E-state index in [9.17, 15) is 9.59 Å². The number of hydrazine groups is 1. The van der Waals surface area contributed by atoms with Crippen LogP contribution in [0.5, 0.6) is 0 Å². The quantitative estimate of drug-likeness (QED) is 0.783. The van der Waals surface area contributed by atoms with Gasteiger partial charge in [0.1, 0.15) is 5.54 Å². The monoisotopic (exact) mass is 292 g/mol. The highest BCUT2D eigenvalue weighted by molar-refractivity contribution is 5.90. The van der Waals surface area contributed by atoms with Crippen molar-refractivity contribution in [1.82, 2.24) is 10.4 Å². The molecule has 4 unspecified atom stereocenters. The summed E-state index contributed by atoms with van der Waals surface area (Å²) in [4.78, 5) is 24.6. The zero-order valence-electron chi connectivity index (χ0n) is 13.0. The summed E-state index contributed by atoms with van der Waals surface area (Å²) in [5.41, 5.74) is 2.64. The van der Waals surface area contributed by atoms with Gasteiger partial charge < -0.3 is 4.74 Å². The van der Waals surface area contributed by atoms with E-state index in [1.54, 1.807) is 0 Å². The van der Waals surface area contributed by atoms with E-state index in [2.05, 4.69) is 5.43 Å². The van der Waals surface area contributed by atoms with Gasteiger partial charge in [0.05, 0.1) is 18.6 Å². The fourth-order valence-corrected chi connectivity index (χ4v) is 5.74. The first-order valence-electron chi connectivity index (χ1n) is 8.06. The lowest BCUT2D eigenvalue weighted by Crippen LogP contribution is -2.79. The van der Waals surface area contributed by atoms with Crippen molar-refractivity contribution in [3.8, 4) is 0 Å². The van der Waals surface area contributed by atoms with Gasteiger partial charge in [0, 0.05) is 0 Å². The SMILES string of the molecule is COC(=O)C12CC3CC(C1)C(N1NC(C)(C)C1=O)[C@@H](C3)C2. The molecule has 1 saturated heterocycles. The van der Waals surface area contributed by atoms with Crippen molar-refractivity contribution >= 4 is 11.9 Å². The molecule has 5 atom stereocenters. The summed E-state index contributed by atoms with van der Waals surface area (Å²) in [6.07, 6.45) is 5.09. The fraction of sp³-hybridized carbons (Fsp3) is 0.875. The summed E-state index contributed by atoms with van der Waals surface area (Å²) in [6.45, 7) is 3.86. The lowest BCUT2D eigenvalue weighted by Gasteiger charge is -2.63. The van der Waals surface area contributed by atoms with Crippen LogP contribution < -0.4 is 5.43 Å². The second-order valence-corrected chi connectivity index (χ2v) is 8.14. The molecule has 21 heavy (non-hydrogen) atoms. The molecule has 1 N–H and O–H groups in total. The smallest absolute Gasteiger partial charge is 0.311 e. The van der Waals surface area contributed by atoms with Gasteiger partial charge in [0.25, 0.3) is 5.91 Å². The van der Waals surface area contributed by atoms with E-state index in [-0.39, 0.29) is 23.3 Å². The molecule has 0 aromatic carbocycles. The Hall–Kier alpha value is -1.10. The van der Waals surface area contributed by atoms with Gasteiger partial charge in [-0.1, -0.05) is 0 Å². The van der Waals surface area contributed by atoms with Crippen LogP contribution in [0.4, 0.5) is 0 Å². The van der Waals surface area contributed by atoms with Crippen molar-refractivity contribution < 1.29 is 14.3 Å². The molecule has 0 aromatic rings. The van der Waals surface area contributed by atoms with Crippen LogP contribution in [0.25, 0.3) is 0 Å². The molecule has 0 aromatic heterocycles. The predicted octanol–water partition coefficient (Wildman–Crippen LogP) is 1.48. The minimum atomic E-state index is -0.422. The molecule has 5 rings (SSSR count). The lowest BCUT2D eigenvalue weighted by atomic mass is 9.47. The molecule has 1 aliphatic heterocycles. The minimum absolute atomic E-state index is 0.0245. The van der Waals surface area contributed by atoms with E-state index < -0.39 is 5.54 Å². The van der Waals surface area contributed by atoms with Gasteiger partial charge in [-0.15, -0.1) is 0 Å². The molecule has 1 heterocycles. The fourth-order valence-electron chi connectivity index (χ4n) is 5.74. The van der Waals surface area contributed by atoms with Crippen LogP contribution in [-0.2, 0) is 14.3 Å². The number of hydrogen-bond acceptors (Lipinski definition) is 4. The first-order chi connectivity index (χ1) is 9.86. The number of ether oxygens (including phenoxy) is 1. The maximum atomic E-state index is 12.3. The third-order valence-electron chi connectivity index (χ3n) is 6.29. The summed E-state index contributed by atoms with van der Waals surface area (Å²) in [5.74, 6) is 1.71. The number of carbonyl (C=O) groups is 2. The molecule has 5 fully saturated rings. The number of esters is 1. The van der Waals surface area contributed by atoms with Crippen LogP contribution in [0.15, 0.2) is 0 Å². The highest BCUT2D eigenvalue weighted by Crippen LogP contribution is 2.61. The van der Waals surface area contributed by atoms with E-state index in [1.807, 2.05) is 18.9 Å². The zero-order chi connectivity index (χ0) is 15.0. The van der Waals surface area contributed by atoms with Crippen LogP contribution >= 0.6 is 0 Å². The van der Waals surface area contributed by atoms with Crippen LogP contribution in [0.2, 0.25) is 0 Å². The Morgan fingerprint density at radius 1 is 1.24 bits per heavy atom. The molecule has 5 nitrogen and oxygen atoms in total. The highest BCUT2D eigenvalue weighted by Gasteiger charge is 2.63. The molecule has 116 valence electrons. The molecule has 1 amide bonds. The summed E-state index contributed by atoms with van der Waals surface area (Å²) < 4.78 is 5.09. The van der Waals surface area contributed by atoms with E-state index in [0.29, 0.717) is 17.8 Å². The Balaban J connectivity index is 1.59. The summed E-state index contributed by atoms with van der Waals surface area (Å²) in [5, 5.41) is 1.87. The minimum Gasteiger partial charge on any atom is -0.469 e. The third-order valence-corrected chi connectivity index (χ3v) is 6.29. The molecule has 5 heteroatoms. The summed E-state index contributed by atoms with van der Waals surface area (Å²) in [7, 11) is 1.50. The molecule has 4 bridgehead atoms. The van der Waals surface area contributed by atoms with Gasteiger partial charge in [0.15, 0.2) is 0 Å². The Bertz CT molecular complexity index is 500. The largest absolute Gasteiger partial charge is 0.469 e. The number of carbonyl (C=O) groups excluding carboxylic acids is 2. The number of methoxy groups -OCH3 is 1. The van der Waals surface area contributed by atoms with Crippen molar-refractivity contribution in [3.63, 3.8) is 0 Å². The van der Waals surface area contributed by atoms with Crippen molar-refractivity contribution in [2.45, 2.75) is 57.5 Å². The van der Waals surface area contributed by atoms with Gasteiger partial charge in [-0.3, -0.25) is 14.6 Å². The molecule has 4 saturated carbocycles. The molecular formula is C16H24N2O3. The standard InChI is InChI=1S/C16H24N2O3/c1-15(2)13(19)18(17-15)12-10-4-9-5-11(12)8-16(6-9,7-10)14(20)21-3/h9-12,17H,4-8H2,1-3H3/t9?,10-,11?,12?,16?/m0/s1. The molecule has 0 spiro atoms. The van der Waals surface area contributed by atoms with Crippen LogP contribution in [0.3, 0.4) is 0 Å².